The van der Waals surface area contributed by atoms with Crippen LogP contribution >= 0.6 is 15.9 Å². The van der Waals surface area contributed by atoms with E-state index in [4.69, 9.17) is 9.47 Å². The zero-order valence-electron chi connectivity index (χ0n) is 20.4. The Morgan fingerprint density at radius 3 is 2.54 bits per heavy atom. The molecule has 10 heteroatoms. The Balaban J connectivity index is 1.60. The summed E-state index contributed by atoms with van der Waals surface area (Å²) >= 11 is 3.41. The molecule has 0 aliphatic rings. The summed E-state index contributed by atoms with van der Waals surface area (Å²) in [5, 5.41) is 15.8. The lowest BCUT2D eigenvalue weighted by Crippen LogP contribution is -2.22. The molecule has 0 aliphatic carbocycles. The van der Waals surface area contributed by atoms with Crippen molar-refractivity contribution in [3.05, 3.63) is 103 Å². The van der Waals surface area contributed by atoms with Crippen LogP contribution in [0.3, 0.4) is 0 Å². The second-order valence-electron chi connectivity index (χ2n) is 8.15. The smallest absolute Gasteiger partial charge is 0.282 e. The number of rotatable bonds is 10. The second-order valence-corrected chi connectivity index (χ2v) is 9.07. The van der Waals surface area contributed by atoms with E-state index in [1.165, 1.54) is 16.8 Å². The van der Waals surface area contributed by atoms with Crippen LogP contribution in [0.25, 0.3) is 10.9 Å². The highest BCUT2D eigenvalue weighted by atomic mass is 79.9. The molecule has 0 unspecified atom stereocenters. The lowest BCUT2D eigenvalue weighted by atomic mass is 10.2. The molecular formula is C27H25BrN4O5. The predicted octanol–water partition coefficient (Wildman–Crippen LogP) is 5.88. The summed E-state index contributed by atoms with van der Waals surface area (Å²) in [7, 11) is 0. The number of aryl methyl sites for hydroxylation is 1. The summed E-state index contributed by atoms with van der Waals surface area (Å²) in [6.45, 7) is 4.55. The third kappa shape index (κ3) is 6.21. The maximum Gasteiger partial charge on any atom is 0.282 e. The van der Waals surface area contributed by atoms with E-state index in [1.54, 1.807) is 36.5 Å². The quantitative estimate of drug-likeness (QED) is 0.135. The highest BCUT2D eigenvalue weighted by Gasteiger charge is 2.12. The number of ether oxygens (including phenoxy) is 2. The first kappa shape index (κ1) is 26.0. The summed E-state index contributed by atoms with van der Waals surface area (Å²) in [6, 6.07) is 17.0. The average Bonchev–Trinajstić information content (AvgIpc) is 2.89. The molecule has 0 aliphatic heterocycles. The standard InChI is InChI=1S/C27H25BrN4O5/c1-3-5-26-30-23-12-9-20(28)15-22(23)27(33)31(26)29-16-19-8-13-24(25(14-19)36-4-2)37-17-18-6-10-21(11-7-18)32(34)35/h6-16H,3-5,17H2,1-2H3. The van der Waals surface area contributed by atoms with Crippen LogP contribution in [0.4, 0.5) is 5.69 Å². The lowest BCUT2D eigenvalue weighted by molar-refractivity contribution is -0.384. The van der Waals surface area contributed by atoms with Crippen molar-refractivity contribution in [1.29, 1.82) is 0 Å². The highest BCUT2D eigenvalue weighted by molar-refractivity contribution is 9.10. The summed E-state index contributed by atoms with van der Waals surface area (Å²) in [4.78, 5) is 28.3. The number of halogens is 1. The number of hydrogen-bond acceptors (Lipinski definition) is 7. The number of nitro benzene ring substituents is 1. The van der Waals surface area contributed by atoms with Crippen molar-refractivity contribution >= 4 is 38.7 Å². The fourth-order valence-corrected chi connectivity index (χ4v) is 4.05. The Bertz CT molecular complexity index is 1520. The Morgan fingerprint density at radius 1 is 1.05 bits per heavy atom. The van der Waals surface area contributed by atoms with Gasteiger partial charge in [-0.25, -0.2) is 4.98 Å². The Hall–Kier alpha value is -4.05. The van der Waals surface area contributed by atoms with Crippen LogP contribution < -0.4 is 15.0 Å². The van der Waals surface area contributed by atoms with Gasteiger partial charge in [-0.1, -0.05) is 22.9 Å². The van der Waals surface area contributed by atoms with E-state index in [2.05, 4.69) is 26.0 Å². The van der Waals surface area contributed by atoms with Gasteiger partial charge in [0.2, 0.25) is 0 Å². The third-order valence-corrected chi connectivity index (χ3v) is 5.97. The van der Waals surface area contributed by atoms with Crippen molar-refractivity contribution < 1.29 is 14.4 Å². The van der Waals surface area contributed by atoms with Gasteiger partial charge in [0, 0.05) is 23.0 Å². The van der Waals surface area contributed by atoms with Crippen LogP contribution in [0.2, 0.25) is 0 Å². The molecule has 0 saturated heterocycles. The molecule has 37 heavy (non-hydrogen) atoms. The van der Waals surface area contributed by atoms with Crippen molar-refractivity contribution in [3.63, 3.8) is 0 Å². The van der Waals surface area contributed by atoms with Gasteiger partial charge >= 0.3 is 0 Å². The number of nitrogens with zero attached hydrogens (tertiary/aromatic N) is 4. The fourth-order valence-electron chi connectivity index (χ4n) is 3.69. The summed E-state index contributed by atoms with van der Waals surface area (Å²) < 4.78 is 13.8. The fraction of sp³-hybridized carbons (Fsp3) is 0.222. The Morgan fingerprint density at radius 2 is 1.84 bits per heavy atom. The number of benzene rings is 3. The Labute approximate surface area is 221 Å². The molecule has 0 fully saturated rings. The molecule has 4 aromatic rings. The van der Waals surface area contributed by atoms with Gasteiger partial charge in [-0.15, -0.1) is 0 Å². The first-order valence-electron chi connectivity index (χ1n) is 11.8. The van der Waals surface area contributed by atoms with Gasteiger partial charge < -0.3 is 9.47 Å². The first-order chi connectivity index (χ1) is 17.9. The molecule has 0 N–H and O–H groups in total. The van der Waals surface area contributed by atoms with Crippen LogP contribution in [0.1, 0.15) is 37.2 Å². The highest BCUT2D eigenvalue weighted by Crippen LogP contribution is 2.29. The molecule has 190 valence electrons. The molecule has 0 spiro atoms. The maximum absolute atomic E-state index is 13.2. The number of aromatic nitrogens is 2. The Kier molecular flexibility index (Phi) is 8.29. The van der Waals surface area contributed by atoms with Gasteiger partial charge in [0.15, 0.2) is 11.5 Å². The van der Waals surface area contributed by atoms with E-state index in [0.717, 1.165) is 22.0 Å². The van der Waals surface area contributed by atoms with Crippen molar-refractivity contribution in [2.75, 3.05) is 6.61 Å². The van der Waals surface area contributed by atoms with E-state index in [-0.39, 0.29) is 17.9 Å². The minimum absolute atomic E-state index is 0.0258. The number of fused-ring (bicyclic) bond motifs is 1. The van der Waals surface area contributed by atoms with E-state index >= 15 is 0 Å². The molecular weight excluding hydrogens is 540 g/mol. The van der Waals surface area contributed by atoms with E-state index < -0.39 is 4.92 Å². The van der Waals surface area contributed by atoms with Crippen LogP contribution in [0, 0.1) is 10.1 Å². The number of non-ortho nitro benzene ring substituents is 1. The molecule has 0 atom stereocenters. The summed E-state index contributed by atoms with van der Waals surface area (Å²) in [6.07, 6.45) is 3.02. The van der Waals surface area contributed by atoms with E-state index in [9.17, 15) is 14.9 Å². The predicted molar refractivity (Wildman–Crippen MR) is 146 cm³/mol. The second kappa shape index (κ2) is 11.8. The van der Waals surface area contributed by atoms with Crippen molar-refractivity contribution in [3.8, 4) is 11.5 Å². The molecule has 3 aromatic carbocycles. The SMILES string of the molecule is CCCc1nc2ccc(Br)cc2c(=O)n1N=Cc1ccc(OCc2ccc([N+](=O)[O-])cc2)c(OCC)c1. The zero-order valence-corrected chi connectivity index (χ0v) is 22.0. The minimum atomic E-state index is -0.440. The minimum Gasteiger partial charge on any atom is -0.490 e. The number of nitro groups is 1. The summed E-state index contributed by atoms with van der Waals surface area (Å²) in [5.74, 6) is 1.64. The van der Waals surface area contributed by atoms with Gasteiger partial charge in [0.1, 0.15) is 12.4 Å². The van der Waals surface area contributed by atoms with Crippen molar-refractivity contribution in [2.45, 2.75) is 33.3 Å². The normalized spacial score (nSPS) is 11.2. The van der Waals surface area contributed by atoms with Crippen LogP contribution in [-0.2, 0) is 13.0 Å². The molecule has 4 rings (SSSR count). The first-order valence-corrected chi connectivity index (χ1v) is 12.6. The number of hydrogen-bond donors (Lipinski definition) is 0. The van der Waals surface area contributed by atoms with Crippen LogP contribution in [0.5, 0.6) is 11.5 Å². The van der Waals surface area contributed by atoms with Crippen molar-refractivity contribution in [2.24, 2.45) is 5.10 Å². The van der Waals surface area contributed by atoms with Gasteiger partial charge in [-0.05, 0) is 73.0 Å². The van der Waals surface area contributed by atoms with E-state index in [0.29, 0.717) is 41.3 Å². The van der Waals surface area contributed by atoms with Gasteiger partial charge in [0.25, 0.3) is 11.2 Å². The summed E-state index contributed by atoms with van der Waals surface area (Å²) in [5.41, 5.74) is 1.93. The average molecular weight is 565 g/mol. The third-order valence-electron chi connectivity index (χ3n) is 5.48. The van der Waals surface area contributed by atoms with Gasteiger partial charge in [-0.2, -0.15) is 9.78 Å². The molecule has 0 radical (unpaired) electrons. The molecule has 9 nitrogen and oxygen atoms in total. The van der Waals surface area contributed by atoms with Crippen LogP contribution in [-0.4, -0.2) is 27.4 Å². The molecule has 1 heterocycles. The molecule has 0 saturated carbocycles. The van der Waals surface area contributed by atoms with Gasteiger partial charge in [0.05, 0.1) is 28.6 Å². The maximum atomic E-state index is 13.2. The van der Waals surface area contributed by atoms with Gasteiger partial charge in [-0.3, -0.25) is 14.9 Å². The topological polar surface area (TPSA) is 109 Å². The van der Waals surface area contributed by atoms with E-state index in [1.807, 2.05) is 32.0 Å². The molecule has 0 amide bonds. The monoisotopic (exact) mass is 564 g/mol. The zero-order chi connectivity index (χ0) is 26.4. The largest absolute Gasteiger partial charge is 0.490 e. The van der Waals surface area contributed by atoms with Crippen molar-refractivity contribution in [1.82, 2.24) is 9.66 Å². The molecule has 1 aromatic heterocycles. The molecule has 0 bridgehead atoms. The van der Waals surface area contributed by atoms with Crippen LogP contribution in [0.15, 0.2) is 75.0 Å². The lowest BCUT2D eigenvalue weighted by Gasteiger charge is -2.13.